The number of halogens is 8. The Morgan fingerprint density at radius 1 is 0.857 bits per heavy atom. The Kier molecular flexibility index (Phi) is 5.89. The highest BCUT2D eigenvalue weighted by Gasteiger charge is 2.45. The second-order valence-electron chi connectivity index (χ2n) is 7.66. The van der Waals surface area contributed by atoms with Crippen LogP contribution in [0.5, 0.6) is 0 Å². The zero-order chi connectivity index (χ0) is 25.6. The van der Waals surface area contributed by atoms with Crippen molar-refractivity contribution in [2.45, 2.75) is 18.3 Å². The van der Waals surface area contributed by atoms with Crippen molar-refractivity contribution in [1.82, 2.24) is 19.7 Å². The van der Waals surface area contributed by atoms with E-state index in [9.17, 15) is 39.9 Å². The highest BCUT2D eigenvalue weighted by atomic mass is 19.4. The van der Waals surface area contributed by atoms with Gasteiger partial charge in [-0.2, -0.15) is 26.3 Å². The lowest BCUT2D eigenvalue weighted by Gasteiger charge is -2.37. The molecule has 0 bridgehead atoms. The number of hydrogen-bond donors (Lipinski definition) is 0. The second kappa shape index (κ2) is 8.47. The normalized spacial score (nSPS) is 15.9. The molecule has 0 N–H and O–H groups in total. The summed E-state index contributed by atoms with van der Waals surface area (Å²) < 4.78 is 108. The first-order valence-electron chi connectivity index (χ1n) is 9.91. The maximum Gasteiger partial charge on any atom is 0.417 e. The smallest absolute Gasteiger partial charge is 0.327 e. The molecule has 0 aliphatic carbocycles. The molecule has 4 rings (SSSR count). The summed E-state index contributed by atoms with van der Waals surface area (Å²) in [5, 5.41) is 3.89. The molecule has 1 amide bonds. The molecule has 184 valence electrons. The van der Waals surface area contributed by atoms with Crippen molar-refractivity contribution in [2.24, 2.45) is 0 Å². The molecular formula is C22H14F8N4O. The summed E-state index contributed by atoms with van der Waals surface area (Å²) in [6, 6.07) is 8.42. The van der Waals surface area contributed by atoms with E-state index in [1.807, 2.05) is 0 Å². The van der Waals surface area contributed by atoms with Crippen LogP contribution in [0.4, 0.5) is 35.1 Å². The van der Waals surface area contributed by atoms with Gasteiger partial charge in [-0.05, 0) is 12.1 Å². The maximum atomic E-state index is 13.6. The van der Waals surface area contributed by atoms with Gasteiger partial charge in [0.25, 0.3) is 5.92 Å². The first kappa shape index (κ1) is 24.4. The zero-order valence-corrected chi connectivity index (χ0v) is 17.4. The van der Waals surface area contributed by atoms with Gasteiger partial charge in [0, 0.05) is 23.4 Å². The van der Waals surface area contributed by atoms with Crippen LogP contribution in [0.3, 0.4) is 0 Å². The third kappa shape index (κ3) is 5.03. The Morgan fingerprint density at radius 2 is 1.37 bits per heavy atom. The molecule has 1 aliphatic heterocycles. The third-order valence-electron chi connectivity index (χ3n) is 5.09. The number of hydrogen-bond acceptors (Lipinski definition) is 3. The van der Waals surface area contributed by atoms with Crippen molar-refractivity contribution >= 4 is 12.1 Å². The van der Waals surface area contributed by atoms with E-state index in [-0.39, 0.29) is 0 Å². The zero-order valence-electron chi connectivity index (χ0n) is 17.4. The number of amides is 1. The van der Waals surface area contributed by atoms with Crippen LogP contribution in [-0.4, -0.2) is 44.6 Å². The molecule has 1 saturated heterocycles. The summed E-state index contributed by atoms with van der Waals surface area (Å²) in [5.41, 5.74) is -3.25. The minimum Gasteiger partial charge on any atom is -0.327 e. The molecule has 1 fully saturated rings. The van der Waals surface area contributed by atoms with E-state index >= 15 is 0 Å². The molecule has 2 aromatic carbocycles. The fourth-order valence-corrected chi connectivity index (χ4v) is 3.48. The van der Waals surface area contributed by atoms with Gasteiger partial charge in [-0.1, -0.05) is 36.4 Å². The monoisotopic (exact) mass is 502 g/mol. The van der Waals surface area contributed by atoms with E-state index in [1.54, 1.807) is 0 Å². The minimum absolute atomic E-state index is 0.494. The van der Waals surface area contributed by atoms with Gasteiger partial charge in [-0.3, -0.25) is 4.79 Å². The van der Waals surface area contributed by atoms with Gasteiger partial charge in [0.05, 0.1) is 24.2 Å². The average molecular weight is 502 g/mol. The average Bonchev–Trinajstić information content (AvgIpc) is 3.18. The van der Waals surface area contributed by atoms with Crippen LogP contribution in [0.15, 0.2) is 54.6 Å². The first-order valence-corrected chi connectivity index (χ1v) is 9.91. The number of alkyl halides is 8. The van der Waals surface area contributed by atoms with Crippen LogP contribution in [0, 0.1) is 0 Å². The summed E-state index contributed by atoms with van der Waals surface area (Å²) in [5.74, 6) is -4.96. The Hall–Kier alpha value is -3.77. The van der Waals surface area contributed by atoms with Gasteiger partial charge in [0.15, 0.2) is 11.6 Å². The Bertz CT molecular complexity index is 1290. The molecule has 35 heavy (non-hydrogen) atoms. The van der Waals surface area contributed by atoms with Crippen molar-refractivity contribution in [1.29, 1.82) is 0 Å². The Morgan fingerprint density at radius 3 is 1.91 bits per heavy atom. The highest BCUT2D eigenvalue weighted by Crippen LogP contribution is 2.39. The van der Waals surface area contributed by atoms with E-state index in [1.165, 1.54) is 12.1 Å². The van der Waals surface area contributed by atoms with Gasteiger partial charge >= 0.3 is 12.4 Å². The minimum atomic E-state index is -4.83. The topological polar surface area (TPSA) is 51.0 Å². The largest absolute Gasteiger partial charge is 0.417 e. The standard InChI is InChI=1S/C22H14F8N4O/c23-20(24)11-33(12-20)17(35)9-10-34-19(14-6-2-4-8-16(14)22(28,29)30)31-18(32-34)13-5-1-3-7-15(13)21(25,26)27/h1-10H,11-12H2/b10-9-. The molecule has 3 aromatic rings. The molecule has 0 atom stereocenters. The molecular weight excluding hydrogens is 488 g/mol. The summed E-state index contributed by atoms with van der Waals surface area (Å²) in [7, 11) is 0. The van der Waals surface area contributed by atoms with Crippen molar-refractivity contribution in [3.05, 3.63) is 65.7 Å². The fourth-order valence-electron chi connectivity index (χ4n) is 3.48. The number of likely N-dealkylation sites (tertiary alicyclic amines) is 1. The van der Waals surface area contributed by atoms with E-state index < -0.39 is 71.2 Å². The van der Waals surface area contributed by atoms with E-state index in [4.69, 9.17) is 0 Å². The summed E-state index contributed by atoms with van der Waals surface area (Å²) in [6.07, 6.45) is -7.99. The number of aromatic nitrogens is 3. The van der Waals surface area contributed by atoms with Crippen LogP contribution in [0.25, 0.3) is 29.0 Å². The lowest BCUT2D eigenvalue weighted by Crippen LogP contribution is -2.58. The van der Waals surface area contributed by atoms with E-state index in [2.05, 4.69) is 10.1 Å². The predicted octanol–water partition coefficient (Wildman–Crippen LogP) is 5.60. The van der Waals surface area contributed by atoms with Gasteiger partial charge in [0.1, 0.15) is 0 Å². The third-order valence-corrected chi connectivity index (χ3v) is 5.09. The van der Waals surface area contributed by atoms with Gasteiger partial charge in [0.2, 0.25) is 5.91 Å². The van der Waals surface area contributed by atoms with Crippen molar-refractivity contribution < 1.29 is 39.9 Å². The molecule has 1 aliphatic rings. The van der Waals surface area contributed by atoms with Crippen molar-refractivity contribution in [2.75, 3.05) is 13.1 Å². The molecule has 0 saturated carbocycles. The fraction of sp³-hybridized carbons (Fsp3) is 0.227. The quantitative estimate of drug-likeness (QED) is 0.345. The number of carbonyl (C=O) groups is 1. The van der Waals surface area contributed by atoms with Crippen LogP contribution >= 0.6 is 0 Å². The Balaban J connectivity index is 1.83. The molecule has 0 radical (unpaired) electrons. The second-order valence-corrected chi connectivity index (χ2v) is 7.66. The predicted molar refractivity (Wildman–Crippen MR) is 108 cm³/mol. The van der Waals surface area contributed by atoms with Crippen LogP contribution in [0.2, 0.25) is 0 Å². The van der Waals surface area contributed by atoms with Crippen molar-refractivity contribution in [3.63, 3.8) is 0 Å². The molecule has 1 aromatic heterocycles. The Labute approximate surface area is 192 Å². The van der Waals surface area contributed by atoms with E-state index in [0.29, 0.717) is 4.68 Å². The number of benzene rings is 2. The summed E-state index contributed by atoms with van der Waals surface area (Å²) in [4.78, 5) is 16.9. The summed E-state index contributed by atoms with van der Waals surface area (Å²) in [6.45, 7) is -1.66. The first-order chi connectivity index (χ1) is 16.3. The SMILES string of the molecule is O=C(/C=C\n1nc(-c2ccccc2C(F)(F)F)nc1-c1ccccc1C(F)(F)F)N1CC(F)(F)C1. The van der Waals surface area contributed by atoms with Crippen LogP contribution in [-0.2, 0) is 17.1 Å². The highest BCUT2D eigenvalue weighted by molar-refractivity contribution is 5.91. The number of nitrogens with zero attached hydrogens (tertiary/aromatic N) is 4. The van der Waals surface area contributed by atoms with Crippen LogP contribution in [0.1, 0.15) is 11.1 Å². The van der Waals surface area contributed by atoms with Crippen molar-refractivity contribution in [3.8, 4) is 22.8 Å². The number of rotatable bonds is 4. The lowest BCUT2D eigenvalue weighted by molar-refractivity contribution is -0.160. The van der Waals surface area contributed by atoms with Gasteiger partial charge in [-0.15, -0.1) is 5.10 Å². The number of carbonyl (C=O) groups excluding carboxylic acids is 1. The molecule has 5 nitrogen and oxygen atoms in total. The van der Waals surface area contributed by atoms with E-state index in [0.717, 1.165) is 53.6 Å². The van der Waals surface area contributed by atoms with Gasteiger partial charge < -0.3 is 4.90 Å². The maximum absolute atomic E-state index is 13.6. The summed E-state index contributed by atoms with van der Waals surface area (Å²) >= 11 is 0. The molecule has 2 heterocycles. The molecule has 0 spiro atoms. The molecule has 0 unspecified atom stereocenters. The molecule has 13 heteroatoms. The van der Waals surface area contributed by atoms with Crippen LogP contribution < -0.4 is 0 Å². The van der Waals surface area contributed by atoms with Gasteiger partial charge in [-0.25, -0.2) is 18.4 Å². The lowest BCUT2D eigenvalue weighted by atomic mass is 10.1.